The van der Waals surface area contributed by atoms with Gasteiger partial charge in [-0.1, -0.05) is 0 Å². The van der Waals surface area contributed by atoms with Crippen molar-refractivity contribution in [2.45, 2.75) is 62.3 Å². The molecule has 2 N–H and O–H groups in total. The third-order valence-electron chi connectivity index (χ3n) is 6.85. The van der Waals surface area contributed by atoms with Crippen LogP contribution in [-0.2, 0) is 23.8 Å². The number of hydrogen-bond acceptors (Lipinski definition) is 7. The first-order chi connectivity index (χ1) is 10.1. The van der Waals surface area contributed by atoms with E-state index in [9.17, 15) is 19.8 Å². The third kappa shape index (κ3) is 0.962. The van der Waals surface area contributed by atoms with Crippen molar-refractivity contribution in [2.75, 3.05) is 0 Å². The van der Waals surface area contributed by atoms with Gasteiger partial charge >= 0.3 is 11.9 Å². The lowest BCUT2D eigenvalue weighted by Crippen LogP contribution is -2.68. The van der Waals surface area contributed by atoms with Crippen molar-refractivity contribution in [2.24, 2.45) is 17.3 Å². The summed E-state index contributed by atoms with van der Waals surface area (Å²) in [5.41, 5.74) is -4.89. The molecule has 1 spiro atoms. The summed E-state index contributed by atoms with van der Waals surface area (Å²) in [6, 6.07) is 0. The van der Waals surface area contributed by atoms with Gasteiger partial charge in [0.25, 0.3) is 0 Å². The van der Waals surface area contributed by atoms with Crippen LogP contribution in [0, 0.1) is 17.3 Å². The van der Waals surface area contributed by atoms with Gasteiger partial charge in [0.15, 0.2) is 6.10 Å². The lowest BCUT2D eigenvalue weighted by atomic mass is 9.52. The van der Waals surface area contributed by atoms with Crippen LogP contribution in [0.2, 0.25) is 0 Å². The normalized spacial score (nSPS) is 60.7. The van der Waals surface area contributed by atoms with Gasteiger partial charge in [0, 0.05) is 12.3 Å². The van der Waals surface area contributed by atoms with Gasteiger partial charge in [-0.25, -0.2) is 4.79 Å². The van der Waals surface area contributed by atoms with Crippen LogP contribution in [0.15, 0.2) is 0 Å². The van der Waals surface area contributed by atoms with Crippen molar-refractivity contribution in [1.29, 1.82) is 0 Å². The highest BCUT2D eigenvalue weighted by Crippen LogP contribution is 2.77. The van der Waals surface area contributed by atoms with E-state index in [1.54, 1.807) is 20.8 Å². The molecule has 5 aliphatic rings. The summed E-state index contributed by atoms with van der Waals surface area (Å²) in [6.07, 6.45) is -1.78. The molecule has 3 saturated heterocycles. The lowest BCUT2D eigenvalue weighted by Gasteiger charge is -2.53. The fourth-order valence-corrected chi connectivity index (χ4v) is 5.83. The maximum Gasteiger partial charge on any atom is 0.342 e. The average Bonchev–Trinajstić information content (AvgIpc) is 2.85. The van der Waals surface area contributed by atoms with Crippen molar-refractivity contribution in [1.82, 2.24) is 0 Å². The number of carbonyl (C=O) groups excluding carboxylic acids is 2. The topological polar surface area (TPSA) is 106 Å². The maximum atomic E-state index is 12.4. The van der Waals surface area contributed by atoms with Gasteiger partial charge in [0.2, 0.25) is 5.60 Å². The molecule has 0 aromatic carbocycles. The highest BCUT2D eigenvalue weighted by Gasteiger charge is 2.95. The zero-order chi connectivity index (χ0) is 15.9. The number of epoxide rings is 1. The Morgan fingerprint density at radius 1 is 1.27 bits per heavy atom. The summed E-state index contributed by atoms with van der Waals surface area (Å²) in [5.74, 6) is -2.51. The van der Waals surface area contributed by atoms with Crippen LogP contribution in [0.1, 0.15) is 27.2 Å². The molecular weight excluding hydrogens is 292 g/mol. The zero-order valence-corrected chi connectivity index (χ0v) is 12.5. The Hall–Kier alpha value is -1.18. The molecule has 22 heavy (non-hydrogen) atoms. The molecule has 7 heteroatoms. The van der Waals surface area contributed by atoms with Gasteiger partial charge in [0.05, 0.1) is 22.5 Å². The van der Waals surface area contributed by atoms with Gasteiger partial charge in [-0.15, -0.1) is 0 Å². The summed E-state index contributed by atoms with van der Waals surface area (Å²) in [4.78, 5) is 24.8. The largest absolute Gasteiger partial charge is 0.458 e. The fraction of sp³-hybridized carbons (Fsp3) is 0.867. The van der Waals surface area contributed by atoms with Gasteiger partial charge in [-0.05, 0) is 20.8 Å². The number of hydrogen-bond donors (Lipinski definition) is 2. The van der Waals surface area contributed by atoms with E-state index in [0.717, 1.165) is 0 Å². The predicted molar refractivity (Wildman–Crippen MR) is 68.3 cm³/mol. The van der Waals surface area contributed by atoms with E-state index in [-0.39, 0.29) is 6.42 Å². The van der Waals surface area contributed by atoms with Crippen LogP contribution < -0.4 is 0 Å². The first kappa shape index (κ1) is 13.3. The van der Waals surface area contributed by atoms with E-state index < -0.39 is 64.3 Å². The van der Waals surface area contributed by atoms with Gasteiger partial charge < -0.3 is 24.4 Å². The second-order valence-electron chi connectivity index (χ2n) is 8.06. The number of carbonyl (C=O) groups is 2. The molecule has 7 nitrogen and oxygen atoms in total. The van der Waals surface area contributed by atoms with Crippen LogP contribution in [0.3, 0.4) is 0 Å². The number of esters is 2. The molecule has 5 fully saturated rings. The van der Waals surface area contributed by atoms with Crippen molar-refractivity contribution < 1.29 is 34.0 Å². The molecule has 8 atom stereocenters. The molecule has 0 unspecified atom stereocenters. The second kappa shape index (κ2) is 3.07. The third-order valence-corrected chi connectivity index (χ3v) is 6.85. The Morgan fingerprint density at radius 3 is 2.59 bits per heavy atom. The zero-order valence-electron chi connectivity index (χ0n) is 12.5. The maximum absolute atomic E-state index is 12.4. The summed E-state index contributed by atoms with van der Waals surface area (Å²) in [5, 5.41) is 21.9. The minimum atomic E-state index is -1.47. The Bertz CT molecular complexity index is 638. The average molecular weight is 310 g/mol. The van der Waals surface area contributed by atoms with Crippen molar-refractivity contribution in [3.05, 3.63) is 0 Å². The molecule has 0 radical (unpaired) electrons. The van der Waals surface area contributed by atoms with E-state index in [4.69, 9.17) is 14.2 Å². The van der Waals surface area contributed by atoms with Crippen molar-refractivity contribution in [3.63, 3.8) is 0 Å². The lowest BCUT2D eigenvalue weighted by molar-refractivity contribution is -0.223. The van der Waals surface area contributed by atoms with Crippen LogP contribution >= 0.6 is 0 Å². The van der Waals surface area contributed by atoms with Crippen molar-refractivity contribution >= 4 is 11.9 Å². The molecule has 0 amide bonds. The molecule has 120 valence electrons. The van der Waals surface area contributed by atoms with Gasteiger partial charge in [0.1, 0.15) is 12.2 Å². The summed E-state index contributed by atoms with van der Waals surface area (Å²) in [6.45, 7) is 4.92. The first-order valence-corrected chi connectivity index (χ1v) is 7.63. The molecule has 0 aromatic heterocycles. The van der Waals surface area contributed by atoms with Crippen LogP contribution in [0.5, 0.6) is 0 Å². The molecule has 5 rings (SSSR count). The molecule has 3 heterocycles. The molecule has 2 bridgehead atoms. The first-order valence-electron chi connectivity index (χ1n) is 7.63. The van der Waals surface area contributed by atoms with E-state index in [2.05, 4.69) is 0 Å². The minimum absolute atomic E-state index is 0.189. The van der Waals surface area contributed by atoms with Gasteiger partial charge in [-0.2, -0.15) is 0 Å². The molecule has 2 aliphatic carbocycles. The van der Waals surface area contributed by atoms with E-state index >= 15 is 0 Å². The highest BCUT2D eigenvalue weighted by molar-refractivity contribution is 5.91. The van der Waals surface area contributed by atoms with E-state index in [1.165, 1.54) is 0 Å². The Morgan fingerprint density at radius 2 is 1.95 bits per heavy atom. The molecule has 3 aliphatic heterocycles. The number of fused-ring (bicyclic) bond motifs is 4. The van der Waals surface area contributed by atoms with Crippen molar-refractivity contribution in [3.8, 4) is 0 Å². The van der Waals surface area contributed by atoms with Crippen LogP contribution in [-0.4, -0.2) is 57.3 Å². The number of ether oxygens (including phenoxy) is 3. The van der Waals surface area contributed by atoms with Crippen LogP contribution in [0.25, 0.3) is 0 Å². The van der Waals surface area contributed by atoms with Gasteiger partial charge in [-0.3, -0.25) is 4.79 Å². The summed E-state index contributed by atoms with van der Waals surface area (Å²) < 4.78 is 16.5. The van der Waals surface area contributed by atoms with Crippen LogP contribution in [0.4, 0.5) is 0 Å². The number of aliphatic hydroxyl groups is 2. The molecular formula is C15H18O7. The quantitative estimate of drug-likeness (QED) is 0.479. The highest BCUT2D eigenvalue weighted by atomic mass is 16.7. The van der Waals surface area contributed by atoms with E-state index in [0.29, 0.717) is 0 Å². The monoisotopic (exact) mass is 310 g/mol. The smallest absolute Gasteiger partial charge is 0.342 e. The second-order valence-corrected chi connectivity index (χ2v) is 8.06. The SMILES string of the molecule is CC(C)(O)[C@H]1[C@@H]2OC(=O)[C@H]1[C@@]1(O)C[C@@H]3O[C@@]34C(=O)O[C@H]2[C@@]14C. The molecule has 2 saturated carbocycles. The standard InChI is InChI=1S/C15H18O7/c1-12(2,18)6-7-10(16)20-8(6)9-13(3)14(7,19)4-5-15(13,22-5)11(17)21-9/h5-9,18-19H,4H2,1-3H3/t5-,6+,7-,8-,9+,13-,14-,15+/m0/s1. The Kier molecular flexibility index (Phi) is 1.85. The summed E-state index contributed by atoms with van der Waals surface area (Å²) >= 11 is 0. The van der Waals surface area contributed by atoms with E-state index in [1.807, 2.05) is 0 Å². The number of rotatable bonds is 1. The summed E-state index contributed by atoms with van der Waals surface area (Å²) in [7, 11) is 0. The Labute approximate surface area is 126 Å². The minimum Gasteiger partial charge on any atom is -0.458 e. The fourth-order valence-electron chi connectivity index (χ4n) is 5.83. The Balaban J connectivity index is 1.76. The molecule has 0 aromatic rings. The predicted octanol–water partition coefficient (Wildman–Crippen LogP) is -0.867.